The largest absolute Gasteiger partial charge is 0.449 e. The van der Waals surface area contributed by atoms with Crippen molar-refractivity contribution < 1.29 is 14.3 Å². The fourth-order valence-corrected chi connectivity index (χ4v) is 5.90. The Balaban J connectivity index is 1.20. The van der Waals surface area contributed by atoms with Gasteiger partial charge in [-0.15, -0.1) is 0 Å². The third kappa shape index (κ3) is 6.10. The molecule has 2 aliphatic rings. The van der Waals surface area contributed by atoms with Crippen LogP contribution in [0.4, 0.5) is 15.6 Å². The van der Waals surface area contributed by atoms with Gasteiger partial charge in [0.25, 0.3) is 5.91 Å². The fraction of sp³-hybridized carbons (Fsp3) is 0.429. The summed E-state index contributed by atoms with van der Waals surface area (Å²) in [4.78, 5) is 36.0. The maximum atomic E-state index is 13.1. The van der Waals surface area contributed by atoms with Crippen LogP contribution in [-0.2, 0) is 16.0 Å². The summed E-state index contributed by atoms with van der Waals surface area (Å²) in [5.41, 5.74) is 2.94. The van der Waals surface area contributed by atoms with E-state index in [-0.39, 0.29) is 18.5 Å². The van der Waals surface area contributed by atoms with E-state index in [4.69, 9.17) is 4.74 Å². The molecular weight excluding hydrogens is 486 g/mol. The molecule has 2 aromatic carbocycles. The number of hydrogen-bond acceptors (Lipinski definition) is 8. The topological polar surface area (TPSA) is 95.9 Å². The number of fused-ring (bicyclic) bond motifs is 1. The normalized spacial score (nSPS) is 18.2. The molecule has 0 unspecified atom stereocenters. The Bertz CT molecular complexity index is 1230. The fourth-order valence-electron chi connectivity index (χ4n) is 5.00. The van der Waals surface area contributed by atoms with E-state index in [0.717, 1.165) is 47.0 Å². The lowest BCUT2D eigenvalue weighted by molar-refractivity contribution is -0.126. The van der Waals surface area contributed by atoms with Gasteiger partial charge in [0.1, 0.15) is 6.04 Å². The van der Waals surface area contributed by atoms with Crippen LogP contribution in [-0.4, -0.2) is 47.0 Å². The van der Waals surface area contributed by atoms with Gasteiger partial charge in [0.05, 0.1) is 16.8 Å². The summed E-state index contributed by atoms with van der Waals surface area (Å²) < 4.78 is 6.33. The number of amides is 2. The van der Waals surface area contributed by atoms with Crippen LogP contribution in [0.25, 0.3) is 10.2 Å². The summed E-state index contributed by atoms with van der Waals surface area (Å²) in [6.07, 6.45) is 6.74. The number of carbonyl (C=O) groups is 2. The first kappa shape index (κ1) is 25.2. The average molecular weight is 520 g/mol. The highest BCUT2D eigenvalue weighted by Gasteiger charge is 2.41. The minimum atomic E-state index is -0.678. The van der Waals surface area contributed by atoms with Crippen LogP contribution in [0.2, 0.25) is 0 Å². The molecule has 5 rings (SSSR count). The lowest BCUT2D eigenvalue weighted by Crippen LogP contribution is -2.43. The predicted octanol–water partition coefficient (Wildman–Crippen LogP) is 6.06. The van der Waals surface area contributed by atoms with Crippen LogP contribution in [0.1, 0.15) is 51.0 Å². The number of aliphatic imine (C=N–C) groups is 1. The number of nitrogens with zero attached hydrogens (tertiary/aromatic N) is 3. The minimum Gasteiger partial charge on any atom is -0.449 e. The van der Waals surface area contributed by atoms with E-state index in [1.54, 1.807) is 18.3 Å². The average Bonchev–Trinajstić information content (AvgIpc) is 3.46. The smallest absolute Gasteiger partial charge is 0.423 e. The molecule has 2 amide bonds. The SMILES string of the molecule is CCOC(=O)N1C(=O)[C@H](CC2CCCCC2)N=C1Nc1ccc(CCNc2nc3ccccc3s2)cc1. The Morgan fingerprint density at radius 1 is 1.11 bits per heavy atom. The number of carbonyl (C=O) groups excluding carboxylic acids is 2. The molecule has 9 heteroatoms. The van der Waals surface area contributed by atoms with E-state index < -0.39 is 12.1 Å². The highest BCUT2D eigenvalue weighted by molar-refractivity contribution is 7.22. The molecule has 3 aromatic rings. The van der Waals surface area contributed by atoms with Crippen molar-refractivity contribution in [1.29, 1.82) is 0 Å². The Kier molecular flexibility index (Phi) is 7.99. The van der Waals surface area contributed by atoms with Gasteiger partial charge in [-0.1, -0.05) is 67.7 Å². The Hall–Kier alpha value is -3.46. The second-order valence-corrected chi connectivity index (χ2v) is 10.6. The number of nitrogens with one attached hydrogen (secondary N) is 2. The number of hydrogen-bond donors (Lipinski definition) is 2. The van der Waals surface area contributed by atoms with E-state index in [1.165, 1.54) is 29.5 Å². The zero-order chi connectivity index (χ0) is 25.6. The third-order valence-corrected chi connectivity index (χ3v) is 7.92. The maximum Gasteiger partial charge on any atom is 0.423 e. The second kappa shape index (κ2) is 11.7. The lowest BCUT2D eigenvalue weighted by Gasteiger charge is -2.23. The lowest BCUT2D eigenvalue weighted by atomic mass is 9.85. The van der Waals surface area contributed by atoms with Crippen molar-refractivity contribution in [3.05, 3.63) is 54.1 Å². The van der Waals surface area contributed by atoms with Crippen LogP contribution in [0.3, 0.4) is 0 Å². The number of anilines is 2. The van der Waals surface area contributed by atoms with Crippen LogP contribution < -0.4 is 10.6 Å². The molecule has 1 aliphatic carbocycles. The number of rotatable bonds is 8. The van der Waals surface area contributed by atoms with E-state index in [1.807, 2.05) is 42.5 Å². The summed E-state index contributed by atoms with van der Waals surface area (Å²) in [5.74, 6) is 0.420. The Labute approximate surface area is 221 Å². The van der Waals surface area contributed by atoms with Gasteiger partial charge in [0, 0.05) is 12.2 Å². The molecule has 0 radical (unpaired) electrons. The van der Waals surface area contributed by atoms with Crippen molar-refractivity contribution in [3.8, 4) is 0 Å². The number of benzene rings is 2. The first-order valence-corrected chi connectivity index (χ1v) is 14.0. The first-order valence-electron chi connectivity index (χ1n) is 13.1. The molecule has 194 valence electrons. The Morgan fingerprint density at radius 2 is 1.89 bits per heavy atom. The van der Waals surface area contributed by atoms with Gasteiger partial charge in [-0.05, 0) is 55.5 Å². The molecule has 1 saturated carbocycles. The van der Waals surface area contributed by atoms with Crippen molar-refractivity contribution in [2.24, 2.45) is 10.9 Å². The Morgan fingerprint density at radius 3 is 2.65 bits per heavy atom. The molecule has 1 aromatic heterocycles. The van der Waals surface area contributed by atoms with Gasteiger partial charge >= 0.3 is 6.09 Å². The van der Waals surface area contributed by atoms with Crippen molar-refractivity contribution in [2.45, 2.75) is 57.9 Å². The molecule has 1 aliphatic heterocycles. The highest BCUT2D eigenvalue weighted by atomic mass is 32.1. The van der Waals surface area contributed by atoms with Gasteiger partial charge in [0.2, 0.25) is 5.96 Å². The van der Waals surface area contributed by atoms with Crippen LogP contribution in [0.5, 0.6) is 0 Å². The quantitative estimate of drug-likeness (QED) is 0.376. The van der Waals surface area contributed by atoms with Crippen molar-refractivity contribution >= 4 is 50.3 Å². The van der Waals surface area contributed by atoms with E-state index >= 15 is 0 Å². The van der Waals surface area contributed by atoms with Crippen LogP contribution in [0, 0.1) is 5.92 Å². The summed E-state index contributed by atoms with van der Waals surface area (Å²) in [6, 6.07) is 15.5. The van der Waals surface area contributed by atoms with E-state index in [9.17, 15) is 9.59 Å². The van der Waals surface area contributed by atoms with Crippen molar-refractivity contribution in [2.75, 3.05) is 23.8 Å². The molecule has 2 heterocycles. The highest BCUT2D eigenvalue weighted by Crippen LogP contribution is 2.30. The molecule has 37 heavy (non-hydrogen) atoms. The zero-order valence-electron chi connectivity index (χ0n) is 21.1. The van der Waals surface area contributed by atoms with Crippen LogP contribution >= 0.6 is 11.3 Å². The first-order chi connectivity index (χ1) is 18.1. The molecule has 0 saturated heterocycles. The van der Waals surface area contributed by atoms with Gasteiger partial charge in [-0.3, -0.25) is 4.79 Å². The van der Waals surface area contributed by atoms with Gasteiger partial charge in [0.15, 0.2) is 5.13 Å². The van der Waals surface area contributed by atoms with Crippen molar-refractivity contribution in [1.82, 2.24) is 9.88 Å². The predicted molar refractivity (Wildman–Crippen MR) is 148 cm³/mol. The maximum absolute atomic E-state index is 13.1. The van der Waals surface area contributed by atoms with E-state index in [0.29, 0.717) is 12.3 Å². The molecular formula is C28H33N5O3S. The second-order valence-electron chi connectivity index (χ2n) is 9.57. The number of aromatic nitrogens is 1. The summed E-state index contributed by atoms with van der Waals surface area (Å²) in [6.45, 7) is 2.70. The molecule has 2 N–H and O–H groups in total. The van der Waals surface area contributed by atoms with Gasteiger partial charge in [-0.2, -0.15) is 4.90 Å². The number of para-hydroxylation sites is 1. The summed E-state index contributed by atoms with van der Waals surface area (Å²) in [7, 11) is 0. The van der Waals surface area contributed by atoms with Gasteiger partial charge in [-0.25, -0.2) is 14.8 Å². The summed E-state index contributed by atoms with van der Waals surface area (Å²) in [5, 5.41) is 7.51. The molecule has 1 atom stereocenters. The molecule has 0 bridgehead atoms. The number of thiazole rings is 1. The number of imide groups is 1. The van der Waals surface area contributed by atoms with Crippen molar-refractivity contribution in [3.63, 3.8) is 0 Å². The zero-order valence-corrected chi connectivity index (χ0v) is 21.9. The molecule has 1 fully saturated rings. The van der Waals surface area contributed by atoms with Crippen LogP contribution in [0.15, 0.2) is 53.5 Å². The molecule has 8 nitrogen and oxygen atoms in total. The summed E-state index contributed by atoms with van der Waals surface area (Å²) >= 11 is 1.65. The minimum absolute atomic E-state index is 0.197. The number of ether oxygens (including phenoxy) is 1. The standard InChI is InChI=1S/C28H33N5O3S/c1-2-36-28(35)33-25(34)23(18-20-8-4-3-5-9-20)31-26(33)30-21-14-12-19(13-15-21)16-17-29-27-32-22-10-6-7-11-24(22)37-27/h6-7,10-15,20,23H,2-5,8-9,16-18H2,1H3,(H,29,32)(H,30,31)/t23-/m0/s1. The number of guanidine groups is 1. The third-order valence-electron chi connectivity index (χ3n) is 6.92. The van der Waals surface area contributed by atoms with Gasteiger partial charge < -0.3 is 15.4 Å². The molecule has 0 spiro atoms. The van der Waals surface area contributed by atoms with E-state index in [2.05, 4.69) is 26.7 Å². The monoisotopic (exact) mass is 519 g/mol.